The Kier molecular flexibility index (Phi) is 4.85. The first kappa shape index (κ1) is 16.3. The van der Waals surface area contributed by atoms with E-state index in [1.54, 1.807) is 25.3 Å². The van der Waals surface area contributed by atoms with Crippen molar-refractivity contribution in [2.45, 2.75) is 20.3 Å². The van der Waals surface area contributed by atoms with Gasteiger partial charge in [0.15, 0.2) is 0 Å². The maximum Gasteiger partial charge on any atom is 0.339 e. The molecule has 8 heteroatoms. The van der Waals surface area contributed by atoms with Crippen LogP contribution in [-0.4, -0.2) is 34.9 Å². The molecule has 0 saturated carbocycles. The average Bonchev–Trinajstić information content (AvgIpc) is 3.19. The molecule has 4 N–H and O–H groups in total. The van der Waals surface area contributed by atoms with Gasteiger partial charge in [0.25, 0.3) is 11.8 Å². The molecule has 0 aliphatic carbocycles. The van der Waals surface area contributed by atoms with Gasteiger partial charge in [-0.2, -0.15) is 0 Å². The fourth-order valence-corrected chi connectivity index (χ4v) is 2.24. The highest BCUT2D eigenvalue weighted by Gasteiger charge is 2.23. The molecular weight excluding hydrogens is 300 g/mol. The number of aromatic amines is 2. The Morgan fingerprint density at radius 1 is 1.22 bits per heavy atom. The van der Waals surface area contributed by atoms with Crippen LogP contribution in [0.15, 0.2) is 18.3 Å². The highest BCUT2D eigenvalue weighted by atomic mass is 16.5. The fourth-order valence-electron chi connectivity index (χ4n) is 2.24. The van der Waals surface area contributed by atoms with Crippen molar-refractivity contribution < 1.29 is 19.1 Å². The second-order valence-electron chi connectivity index (χ2n) is 4.82. The molecule has 0 aliphatic rings. The first-order chi connectivity index (χ1) is 11.0. The lowest BCUT2D eigenvalue weighted by Crippen LogP contribution is -2.42. The average molecular weight is 318 g/mol. The number of carbonyl (C=O) groups is 3. The molecule has 0 bridgehead atoms. The van der Waals surface area contributed by atoms with Crippen LogP contribution in [0.25, 0.3) is 0 Å². The number of nitrogens with one attached hydrogen (secondary N) is 4. The van der Waals surface area contributed by atoms with Gasteiger partial charge in [0, 0.05) is 11.9 Å². The molecular formula is C15H18N4O4. The van der Waals surface area contributed by atoms with Gasteiger partial charge in [-0.3, -0.25) is 20.4 Å². The molecule has 2 aromatic heterocycles. The number of methoxy groups -OCH3 is 1. The van der Waals surface area contributed by atoms with Gasteiger partial charge in [-0.25, -0.2) is 4.79 Å². The molecule has 2 amide bonds. The number of hydrazine groups is 1. The van der Waals surface area contributed by atoms with Gasteiger partial charge in [-0.05, 0) is 31.0 Å². The van der Waals surface area contributed by atoms with E-state index >= 15 is 0 Å². The summed E-state index contributed by atoms with van der Waals surface area (Å²) in [6.07, 6.45) is 2.13. The van der Waals surface area contributed by atoms with Crippen LogP contribution in [0.4, 0.5) is 0 Å². The predicted octanol–water partition coefficient (Wildman–Crippen LogP) is 1.08. The van der Waals surface area contributed by atoms with Crippen molar-refractivity contribution in [2.75, 3.05) is 7.11 Å². The Balaban J connectivity index is 2.15. The van der Waals surface area contributed by atoms with Crippen LogP contribution in [0.2, 0.25) is 0 Å². The third-order valence-corrected chi connectivity index (χ3v) is 3.43. The number of carbonyl (C=O) groups excluding carboxylic acids is 3. The third kappa shape index (κ3) is 3.25. The number of esters is 1. The van der Waals surface area contributed by atoms with E-state index in [1.807, 2.05) is 6.92 Å². The Morgan fingerprint density at radius 2 is 1.91 bits per heavy atom. The van der Waals surface area contributed by atoms with Gasteiger partial charge in [0.2, 0.25) is 0 Å². The van der Waals surface area contributed by atoms with Gasteiger partial charge in [-0.15, -0.1) is 0 Å². The molecule has 2 rings (SSSR count). The monoisotopic (exact) mass is 318 g/mol. The number of H-pyrrole nitrogens is 2. The summed E-state index contributed by atoms with van der Waals surface area (Å²) in [6, 6.07) is 3.24. The van der Waals surface area contributed by atoms with E-state index in [0.717, 1.165) is 0 Å². The van der Waals surface area contributed by atoms with Crippen molar-refractivity contribution in [3.8, 4) is 0 Å². The zero-order valence-electron chi connectivity index (χ0n) is 13.1. The first-order valence-electron chi connectivity index (χ1n) is 7.03. The number of aryl methyl sites for hydroxylation is 1. The van der Waals surface area contributed by atoms with Crippen LogP contribution in [-0.2, 0) is 11.2 Å². The summed E-state index contributed by atoms with van der Waals surface area (Å²) in [5, 5.41) is 0. The maximum atomic E-state index is 12.2. The Bertz CT molecular complexity index is 731. The summed E-state index contributed by atoms with van der Waals surface area (Å²) in [6.45, 7) is 3.50. The number of aromatic nitrogens is 2. The number of rotatable bonds is 4. The minimum Gasteiger partial charge on any atom is -0.465 e. The van der Waals surface area contributed by atoms with E-state index in [4.69, 9.17) is 4.74 Å². The number of amides is 2. The predicted molar refractivity (Wildman–Crippen MR) is 82.0 cm³/mol. The van der Waals surface area contributed by atoms with Crippen molar-refractivity contribution >= 4 is 17.8 Å². The zero-order valence-corrected chi connectivity index (χ0v) is 13.1. The van der Waals surface area contributed by atoms with Crippen LogP contribution >= 0.6 is 0 Å². The molecule has 8 nitrogen and oxygen atoms in total. The topological polar surface area (TPSA) is 116 Å². The molecule has 23 heavy (non-hydrogen) atoms. The maximum absolute atomic E-state index is 12.2. The molecule has 0 aliphatic heterocycles. The minimum absolute atomic E-state index is 0.203. The highest BCUT2D eigenvalue weighted by Crippen LogP contribution is 2.20. The van der Waals surface area contributed by atoms with Gasteiger partial charge in [0.05, 0.1) is 12.7 Å². The van der Waals surface area contributed by atoms with E-state index in [0.29, 0.717) is 28.9 Å². The fraction of sp³-hybridized carbons (Fsp3) is 0.267. The van der Waals surface area contributed by atoms with Crippen LogP contribution in [0.3, 0.4) is 0 Å². The molecule has 2 aromatic rings. The van der Waals surface area contributed by atoms with Crippen molar-refractivity contribution in [1.82, 2.24) is 20.8 Å². The lowest BCUT2D eigenvalue weighted by Gasteiger charge is -2.06. The minimum atomic E-state index is -0.549. The van der Waals surface area contributed by atoms with Crippen molar-refractivity contribution in [2.24, 2.45) is 0 Å². The molecule has 0 atom stereocenters. The van der Waals surface area contributed by atoms with E-state index in [1.165, 1.54) is 7.11 Å². The smallest absolute Gasteiger partial charge is 0.339 e. The zero-order chi connectivity index (χ0) is 17.0. The standard InChI is InChI=1S/C15H18N4O4/c1-4-9-11(15(22)23-3)8(2)12(17-9)14(21)19-18-13(20)10-6-5-7-16-10/h5-7,16-17H,4H2,1-3H3,(H,18,20)(H,19,21). The van der Waals surface area contributed by atoms with Crippen molar-refractivity contribution in [1.29, 1.82) is 0 Å². The summed E-state index contributed by atoms with van der Waals surface area (Å²) >= 11 is 0. The summed E-state index contributed by atoms with van der Waals surface area (Å²) in [5.74, 6) is -1.53. The van der Waals surface area contributed by atoms with Crippen LogP contribution in [0.5, 0.6) is 0 Å². The number of hydrogen-bond donors (Lipinski definition) is 4. The van der Waals surface area contributed by atoms with E-state index in [2.05, 4.69) is 20.8 Å². The summed E-state index contributed by atoms with van der Waals surface area (Å²) in [7, 11) is 1.28. The molecule has 0 spiro atoms. The molecule has 0 radical (unpaired) electrons. The second-order valence-corrected chi connectivity index (χ2v) is 4.82. The Hall–Kier alpha value is -3.03. The SMILES string of the molecule is CCc1[nH]c(C(=O)NNC(=O)c2ccc[nH]2)c(C)c1C(=O)OC. The Morgan fingerprint density at radius 3 is 2.48 bits per heavy atom. The molecule has 0 saturated heterocycles. The lowest BCUT2D eigenvalue weighted by atomic mass is 10.1. The van der Waals surface area contributed by atoms with Crippen LogP contribution in [0.1, 0.15) is 49.5 Å². The van der Waals surface area contributed by atoms with Crippen molar-refractivity contribution in [3.63, 3.8) is 0 Å². The molecule has 2 heterocycles. The molecule has 0 unspecified atom stereocenters. The number of hydrogen-bond acceptors (Lipinski definition) is 4. The molecule has 122 valence electrons. The second kappa shape index (κ2) is 6.82. The van der Waals surface area contributed by atoms with Crippen LogP contribution in [0, 0.1) is 6.92 Å². The van der Waals surface area contributed by atoms with Gasteiger partial charge >= 0.3 is 5.97 Å². The Labute approximate surface area is 132 Å². The van der Waals surface area contributed by atoms with Gasteiger partial charge < -0.3 is 14.7 Å². The largest absolute Gasteiger partial charge is 0.465 e. The summed E-state index contributed by atoms with van der Waals surface area (Å²) in [4.78, 5) is 41.4. The van der Waals surface area contributed by atoms with Crippen molar-refractivity contribution in [3.05, 3.63) is 46.5 Å². The molecule has 0 aromatic carbocycles. The normalized spacial score (nSPS) is 10.2. The van der Waals surface area contributed by atoms with Gasteiger partial charge in [0.1, 0.15) is 11.4 Å². The van der Waals surface area contributed by atoms with Crippen LogP contribution < -0.4 is 10.9 Å². The lowest BCUT2D eigenvalue weighted by molar-refractivity contribution is 0.0598. The molecule has 0 fully saturated rings. The summed E-state index contributed by atoms with van der Waals surface area (Å²) in [5.41, 5.74) is 6.55. The number of ether oxygens (including phenoxy) is 1. The van der Waals surface area contributed by atoms with E-state index in [9.17, 15) is 14.4 Å². The third-order valence-electron chi connectivity index (χ3n) is 3.43. The first-order valence-corrected chi connectivity index (χ1v) is 7.03. The van der Waals surface area contributed by atoms with Gasteiger partial charge in [-0.1, -0.05) is 6.92 Å². The quantitative estimate of drug-likeness (QED) is 0.498. The summed E-state index contributed by atoms with van der Waals surface area (Å²) < 4.78 is 4.74. The highest BCUT2D eigenvalue weighted by molar-refractivity contribution is 6.02. The van der Waals surface area contributed by atoms with E-state index < -0.39 is 17.8 Å². The van der Waals surface area contributed by atoms with E-state index in [-0.39, 0.29) is 5.69 Å².